The molecule has 140 valence electrons. The molecule has 0 fully saturated rings. The Morgan fingerprint density at radius 2 is 1.56 bits per heavy atom. The quantitative estimate of drug-likeness (QED) is 0.394. The van der Waals surface area contributed by atoms with Crippen LogP contribution in [0.25, 0.3) is 0 Å². The molecule has 0 saturated heterocycles. The third-order valence-corrected chi connectivity index (χ3v) is 3.57. The minimum absolute atomic E-state index is 0.0614. The zero-order valence-electron chi connectivity index (χ0n) is 12.7. The summed E-state index contributed by atoms with van der Waals surface area (Å²) in [5.41, 5.74) is -4.40. The van der Waals surface area contributed by atoms with Gasteiger partial charge in [-0.15, -0.1) is 0 Å². The molecule has 0 radical (unpaired) electrons. The van der Waals surface area contributed by atoms with E-state index >= 15 is 0 Å². The number of halogens is 3. The van der Waals surface area contributed by atoms with Gasteiger partial charge in [0.2, 0.25) is 10.0 Å². The zero-order valence-corrected chi connectivity index (χ0v) is 13.5. The van der Waals surface area contributed by atoms with Crippen molar-refractivity contribution in [3.63, 3.8) is 0 Å². The lowest BCUT2D eigenvalue weighted by Gasteiger charge is -2.11. The van der Waals surface area contributed by atoms with E-state index in [4.69, 9.17) is 0 Å². The molecule has 0 aromatic heterocycles. The maximum atomic E-state index is 12.7. The van der Waals surface area contributed by atoms with Crippen LogP contribution in [0.1, 0.15) is 12.0 Å². The number of nitro benzene ring substituents is 2. The molecule has 0 aliphatic rings. The van der Waals surface area contributed by atoms with E-state index in [0.717, 1.165) is 6.26 Å². The highest BCUT2D eigenvalue weighted by atomic mass is 32.2. The first kappa shape index (κ1) is 20.6. The maximum Gasteiger partial charge on any atom is 0.416 e. The van der Waals surface area contributed by atoms with Crippen LogP contribution < -0.4 is 10.0 Å². The summed E-state index contributed by atoms with van der Waals surface area (Å²) < 4.78 is 62.1. The van der Waals surface area contributed by atoms with Crippen molar-refractivity contribution in [2.45, 2.75) is 12.6 Å². The lowest BCUT2D eigenvalue weighted by atomic mass is 10.1. The summed E-state index contributed by atoms with van der Waals surface area (Å²) in [6.45, 7) is -0.205. The van der Waals surface area contributed by atoms with E-state index in [0.29, 0.717) is 0 Å². The van der Waals surface area contributed by atoms with Gasteiger partial charge >= 0.3 is 6.18 Å². The molecule has 14 heteroatoms. The van der Waals surface area contributed by atoms with Crippen molar-refractivity contribution in [3.05, 3.63) is 37.9 Å². The highest BCUT2D eigenvalue weighted by Crippen LogP contribution is 2.41. The Morgan fingerprint density at radius 1 is 1.08 bits per heavy atom. The molecule has 1 aromatic rings. The predicted molar refractivity (Wildman–Crippen MR) is 80.7 cm³/mol. The molecule has 10 nitrogen and oxygen atoms in total. The molecule has 1 aromatic carbocycles. The Kier molecular flexibility index (Phi) is 6.26. The van der Waals surface area contributed by atoms with Gasteiger partial charge in [-0.2, -0.15) is 13.2 Å². The summed E-state index contributed by atoms with van der Waals surface area (Å²) in [6.07, 6.45) is -4.00. The lowest BCUT2D eigenvalue weighted by Crippen LogP contribution is -2.24. The number of hydrogen-bond acceptors (Lipinski definition) is 7. The van der Waals surface area contributed by atoms with Gasteiger partial charge in [0.15, 0.2) is 5.69 Å². The van der Waals surface area contributed by atoms with E-state index in [9.17, 15) is 41.8 Å². The minimum atomic E-state index is -4.99. The summed E-state index contributed by atoms with van der Waals surface area (Å²) >= 11 is 0. The van der Waals surface area contributed by atoms with Crippen LogP contribution in [0, 0.1) is 20.2 Å². The topological polar surface area (TPSA) is 144 Å². The van der Waals surface area contributed by atoms with Gasteiger partial charge in [0.25, 0.3) is 11.4 Å². The molecule has 0 heterocycles. The molecule has 0 saturated carbocycles. The molecule has 0 spiro atoms. The van der Waals surface area contributed by atoms with E-state index in [1.165, 1.54) is 0 Å². The highest BCUT2D eigenvalue weighted by Gasteiger charge is 2.37. The predicted octanol–water partition coefficient (Wildman–Crippen LogP) is 1.87. The van der Waals surface area contributed by atoms with Crippen LogP contribution >= 0.6 is 0 Å². The van der Waals surface area contributed by atoms with Gasteiger partial charge in [0, 0.05) is 25.2 Å². The van der Waals surface area contributed by atoms with Crippen LogP contribution in [0.3, 0.4) is 0 Å². The average Bonchev–Trinajstić information content (AvgIpc) is 2.43. The fourth-order valence-corrected chi connectivity index (χ4v) is 2.32. The number of anilines is 1. The van der Waals surface area contributed by atoms with Crippen molar-refractivity contribution < 1.29 is 31.4 Å². The van der Waals surface area contributed by atoms with E-state index in [1.807, 2.05) is 0 Å². The number of nitrogens with zero attached hydrogens (tertiary/aromatic N) is 2. The normalized spacial score (nSPS) is 12.0. The summed E-state index contributed by atoms with van der Waals surface area (Å²) in [7, 11) is -3.45. The molecular weight excluding hydrogens is 373 g/mol. The van der Waals surface area contributed by atoms with Crippen LogP contribution in [0.5, 0.6) is 0 Å². The van der Waals surface area contributed by atoms with Crippen molar-refractivity contribution in [2.24, 2.45) is 0 Å². The Bertz CT molecular complexity index is 746. The number of nitro groups is 2. The Hall–Kier alpha value is -2.48. The van der Waals surface area contributed by atoms with Crippen molar-refractivity contribution in [1.82, 2.24) is 4.72 Å². The summed E-state index contributed by atoms with van der Waals surface area (Å²) in [6, 6.07) is 0.397. The zero-order chi connectivity index (χ0) is 19.4. The molecule has 25 heavy (non-hydrogen) atoms. The molecule has 0 bridgehead atoms. The van der Waals surface area contributed by atoms with Crippen molar-refractivity contribution >= 4 is 27.1 Å². The Balaban J connectivity index is 3.11. The minimum Gasteiger partial charge on any atom is -0.374 e. The van der Waals surface area contributed by atoms with Crippen LogP contribution in [-0.4, -0.2) is 37.6 Å². The second-order valence-electron chi connectivity index (χ2n) is 4.85. The summed E-state index contributed by atoms with van der Waals surface area (Å²) in [4.78, 5) is 19.6. The maximum absolute atomic E-state index is 12.7. The molecule has 0 atom stereocenters. The summed E-state index contributed by atoms with van der Waals surface area (Å²) in [5, 5.41) is 24.3. The van der Waals surface area contributed by atoms with Gasteiger partial charge in [0.05, 0.1) is 21.7 Å². The van der Waals surface area contributed by atoms with Crippen molar-refractivity contribution in [1.29, 1.82) is 0 Å². The lowest BCUT2D eigenvalue weighted by molar-refractivity contribution is -0.392. The second-order valence-corrected chi connectivity index (χ2v) is 6.68. The molecule has 0 aliphatic heterocycles. The fraction of sp³-hybridized carbons (Fsp3) is 0.455. The number of alkyl halides is 3. The highest BCUT2D eigenvalue weighted by molar-refractivity contribution is 7.88. The Morgan fingerprint density at radius 3 is 1.92 bits per heavy atom. The smallest absolute Gasteiger partial charge is 0.374 e. The monoisotopic (exact) mass is 386 g/mol. The molecule has 2 N–H and O–H groups in total. The number of rotatable bonds is 8. The van der Waals surface area contributed by atoms with Crippen LogP contribution in [0.15, 0.2) is 12.1 Å². The van der Waals surface area contributed by atoms with Crippen molar-refractivity contribution in [2.75, 3.05) is 24.7 Å². The molecule has 0 aliphatic carbocycles. The van der Waals surface area contributed by atoms with Gasteiger partial charge in [-0.05, 0) is 6.42 Å². The van der Waals surface area contributed by atoms with Gasteiger partial charge in [0.1, 0.15) is 0 Å². The summed E-state index contributed by atoms with van der Waals surface area (Å²) in [5.74, 6) is 0. The number of sulfonamides is 1. The third kappa shape index (κ3) is 6.15. The largest absolute Gasteiger partial charge is 0.416 e. The van der Waals surface area contributed by atoms with Gasteiger partial charge in [-0.3, -0.25) is 20.2 Å². The van der Waals surface area contributed by atoms with Crippen LogP contribution in [0.4, 0.5) is 30.2 Å². The fourth-order valence-electron chi connectivity index (χ4n) is 1.80. The molecular formula is C11H13F3N4O6S. The van der Waals surface area contributed by atoms with Gasteiger partial charge in [-0.25, -0.2) is 13.1 Å². The van der Waals surface area contributed by atoms with E-state index in [-0.39, 0.29) is 31.6 Å². The Labute approximate surface area is 139 Å². The van der Waals surface area contributed by atoms with Crippen molar-refractivity contribution in [3.8, 4) is 0 Å². The second kappa shape index (κ2) is 7.60. The van der Waals surface area contributed by atoms with E-state index in [1.54, 1.807) is 0 Å². The van der Waals surface area contributed by atoms with Gasteiger partial charge < -0.3 is 5.32 Å². The third-order valence-electron chi connectivity index (χ3n) is 2.84. The standard InChI is InChI=1S/C11H13F3N4O6S/c1-25(23,24)16-4-2-3-15-10-8(17(19)20)5-7(11(12,13)14)6-9(10)18(21)22/h5-6,15-16H,2-4H2,1H3. The molecule has 0 unspecified atom stereocenters. The van der Waals surface area contributed by atoms with Crippen LogP contribution in [0.2, 0.25) is 0 Å². The number of nitrogens with one attached hydrogen (secondary N) is 2. The SMILES string of the molecule is CS(=O)(=O)NCCCNc1c([N+](=O)[O-])cc(C(F)(F)F)cc1[N+](=O)[O-]. The molecule has 1 rings (SSSR count). The number of hydrogen-bond donors (Lipinski definition) is 2. The number of benzene rings is 1. The van der Waals surface area contributed by atoms with Gasteiger partial charge in [-0.1, -0.05) is 0 Å². The van der Waals surface area contributed by atoms with E-state index < -0.39 is 48.7 Å². The average molecular weight is 386 g/mol. The first-order chi connectivity index (χ1) is 11.3. The molecule has 0 amide bonds. The first-order valence-electron chi connectivity index (χ1n) is 6.55. The van der Waals surface area contributed by atoms with E-state index in [2.05, 4.69) is 10.0 Å². The first-order valence-corrected chi connectivity index (χ1v) is 8.44. The van der Waals surface area contributed by atoms with Crippen LogP contribution in [-0.2, 0) is 16.2 Å².